The predicted molar refractivity (Wildman–Crippen MR) is 108 cm³/mol. The first kappa shape index (κ1) is 17.9. The van der Waals surface area contributed by atoms with Crippen molar-refractivity contribution >= 4 is 17.3 Å². The number of para-hydroxylation sites is 1. The molecule has 4 rings (SSSR count). The average molecular weight is 362 g/mol. The maximum Gasteiger partial charge on any atom is 0.190 e. The Balaban J connectivity index is 1.31. The number of ketones is 2. The van der Waals surface area contributed by atoms with E-state index in [0.29, 0.717) is 6.42 Å². The zero-order valence-electron chi connectivity index (χ0n) is 15.9. The van der Waals surface area contributed by atoms with Gasteiger partial charge in [0, 0.05) is 43.4 Å². The molecular formula is C23H26N2O2. The SMILES string of the molecule is CN1c2ccccc2C(=O)C12CCN(CCCC(=O)c1ccccc1)CC2. The van der Waals surface area contributed by atoms with Crippen LogP contribution in [0.25, 0.3) is 0 Å². The average Bonchev–Trinajstić information content (AvgIpc) is 2.92. The summed E-state index contributed by atoms with van der Waals surface area (Å²) in [6.07, 6.45) is 3.15. The lowest BCUT2D eigenvalue weighted by atomic mass is 9.83. The molecule has 0 N–H and O–H groups in total. The molecule has 1 spiro atoms. The van der Waals surface area contributed by atoms with Gasteiger partial charge in [0.15, 0.2) is 11.6 Å². The van der Waals surface area contributed by atoms with Gasteiger partial charge in [0.2, 0.25) is 0 Å². The molecule has 2 aromatic rings. The lowest BCUT2D eigenvalue weighted by Crippen LogP contribution is -2.55. The molecule has 2 aliphatic rings. The molecule has 0 bridgehead atoms. The van der Waals surface area contributed by atoms with E-state index in [1.807, 2.05) is 54.6 Å². The van der Waals surface area contributed by atoms with Crippen LogP contribution in [0.5, 0.6) is 0 Å². The molecule has 0 aliphatic carbocycles. The third-order valence-electron chi connectivity index (χ3n) is 6.23. The largest absolute Gasteiger partial charge is 0.361 e. The van der Waals surface area contributed by atoms with Crippen molar-refractivity contribution in [1.29, 1.82) is 0 Å². The van der Waals surface area contributed by atoms with Crippen LogP contribution in [0.2, 0.25) is 0 Å². The summed E-state index contributed by atoms with van der Waals surface area (Å²) in [6, 6.07) is 17.4. The van der Waals surface area contributed by atoms with Gasteiger partial charge in [-0.2, -0.15) is 0 Å². The number of likely N-dealkylation sites (tertiary alicyclic amines) is 1. The van der Waals surface area contributed by atoms with Crippen molar-refractivity contribution in [2.45, 2.75) is 31.2 Å². The Labute approximate surface area is 160 Å². The van der Waals surface area contributed by atoms with E-state index in [0.717, 1.165) is 55.7 Å². The Kier molecular flexibility index (Phi) is 4.83. The molecule has 0 atom stereocenters. The summed E-state index contributed by atoms with van der Waals surface area (Å²) in [7, 11) is 2.05. The normalized spacial score (nSPS) is 18.7. The lowest BCUT2D eigenvalue weighted by molar-refractivity contribution is 0.0798. The molecule has 2 heterocycles. The highest BCUT2D eigenvalue weighted by Gasteiger charge is 2.50. The van der Waals surface area contributed by atoms with Crippen molar-refractivity contribution in [3.63, 3.8) is 0 Å². The predicted octanol–water partition coefficient (Wildman–Crippen LogP) is 3.82. The molecule has 2 aliphatic heterocycles. The Morgan fingerprint density at radius 1 is 1.00 bits per heavy atom. The van der Waals surface area contributed by atoms with Crippen molar-refractivity contribution < 1.29 is 9.59 Å². The smallest absolute Gasteiger partial charge is 0.190 e. The quantitative estimate of drug-likeness (QED) is 0.758. The Morgan fingerprint density at radius 2 is 1.67 bits per heavy atom. The summed E-state index contributed by atoms with van der Waals surface area (Å²) in [5, 5.41) is 0. The van der Waals surface area contributed by atoms with Crippen LogP contribution >= 0.6 is 0 Å². The first-order valence-corrected chi connectivity index (χ1v) is 9.80. The van der Waals surface area contributed by atoms with Crippen LogP contribution in [0.15, 0.2) is 54.6 Å². The topological polar surface area (TPSA) is 40.6 Å². The van der Waals surface area contributed by atoms with Gasteiger partial charge >= 0.3 is 0 Å². The van der Waals surface area contributed by atoms with Crippen LogP contribution in [0.4, 0.5) is 5.69 Å². The lowest BCUT2D eigenvalue weighted by Gasteiger charge is -2.43. The van der Waals surface area contributed by atoms with E-state index in [1.54, 1.807) is 0 Å². The molecule has 0 radical (unpaired) electrons. The number of nitrogens with zero attached hydrogens (tertiary/aromatic N) is 2. The Hall–Kier alpha value is -2.46. The van der Waals surface area contributed by atoms with Gasteiger partial charge in [-0.3, -0.25) is 9.59 Å². The molecule has 2 aromatic carbocycles. The van der Waals surface area contributed by atoms with Crippen molar-refractivity contribution in [3.05, 3.63) is 65.7 Å². The van der Waals surface area contributed by atoms with Crippen LogP contribution < -0.4 is 4.90 Å². The second-order valence-electron chi connectivity index (χ2n) is 7.67. The van der Waals surface area contributed by atoms with Crippen LogP contribution in [0.3, 0.4) is 0 Å². The fourth-order valence-corrected chi connectivity index (χ4v) is 4.53. The molecule has 0 unspecified atom stereocenters. The number of hydrogen-bond donors (Lipinski definition) is 0. The molecule has 4 nitrogen and oxygen atoms in total. The van der Waals surface area contributed by atoms with E-state index in [-0.39, 0.29) is 17.1 Å². The van der Waals surface area contributed by atoms with Gasteiger partial charge in [-0.25, -0.2) is 0 Å². The van der Waals surface area contributed by atoms with E-state index < -0.39 is 0 Å². The van der Waals surface area contributed by atoms with Crippen molar-refractivity contribution in [2.75, 3.05) is 31.6 Å². The second-order valence-corrected chi connectivity index (χ2v) is 7.67. The highest BCUT2D eigenvalue weighted by molar-refractivity contribution is 6.14. The molecule has 140 valence electrons. The number of carbonyl (C=O) groups excluding carboxylic acids is 2. The Bertz CT molecular complexity index is 838. The minimum absolute atomic E-state index is 0.213. The van der Waals surface area contributed by atoms with Crippen LogP contribution in [0, 0.1) is 0 Å². The number of rotatable bonds is 5. The fourth-order valence-electron chi connectivity index (χ4n) is 4.53. The number of carbonyl (C=O) groups is 2. The van der Waals surface area contributed by atoms with Crippen molar-refractivity contribution in [2.24, 2.45) is 0 Å². The van der Waals surface area contributed by atoms with Crippen molar-refractivity contribution in [1.82, 2.24) is 4.90 Å². The third kappa shape index (κ3) is 3.19. The minimum atomic E-state index is -0.375. The number of fused-ring (bicyclic) bond motifs is 1. The van der Waals surface area contributed by atoms with Gasteiger partial charge in [-0.15, -0.1) is 0 Å². The highest BCUT2D eigenvalue weighted by atomic mass is 16.1. The van der Waals surface area contributed by atoms with Crippen LogP contribution in [0.1, 0.15) is 46.4 Å². The summed E-state index contributed by atoms with van der Waals surface area (Å²) in [5.74, 6) is 0.490. The zero-order valence-corrected chi connectivity index (χ0v) is 15.9. The molecule has 0 amide bonds. The maximum absolute atomic E-state index is 13.0. The second kappa shape index (κ2) is 7.28. The molecule has 1 saturated heterocycles. The molecule has 0 aromatic heterocycles. The van der Waals surface area contributed by atoms with E-state index in [1.165, 1.54) is 0 Å². The zero-order chi connectivity index (χ0) is 18.9. The first-order valence-electron chi connectivity index (χ1n) is 9.80. The molecular weight excluding hydrogens is 336 g/mol. The number of benzene rings is 2. The van der Waals surface area contributed by atoms with Crippen molar-refractivity contribution in [3.8, 4) is 0 Å². The van der Waals surface area contributed by atoms with E-state index in [4.69, 9.17) is 0 Å². The Morgan fingerprint density at radius 3 is 2.37 bits per heavy atom. The molecule has 1 fully saturated rings. The summed E-state index contributed by atoms with van der Waals surface area (Å²) < 4.78 is 0. The number of anilines is 1. The van der Waals surface area contributed by atoms with Gasteiger partial charge in [-0.05, 0) is 37.9 Å². The minimum Gasteiger partial charge on any atom is -0.361 e. The monoisotopic (exact) mass is 362 g/mol. The number of hydrogen-bond acceptors (Lipinski definition) is 4. The number of likely N-dealkylation sites (N-methyl/N-ethyl adjacent to an activating group) is 1. The van der Waals surface area contributed by atoms with Crippen LogP contribution in [-0.2, 0) is 0 Å². The summed E-state index contributed by atoms with van der Waals surface area (Å²) in [6.45, 7) is 2.73. The van der Waals surface area contributed by atoms with Gasteiger partial charge < -0.3 is 9.80 Å². The molecule has 27 heavy (non-hydrogen) atoms. The number of piperidine rings is 1. The summed E-state index contributed by atoms with van der Waals surface area (Å²) in [5.41, 5.74) is 2.34. The molecule has 0 saturated carbocycles. The maximum atomic E-state index is 13.0. The van der Waals surface area contributed by atoms with Gasteiger partial charge in [0.05, 0.1) is 0 Å². The fraction of sp³-hybridized carbons (Fsp3) is 0.391. The summed E-state index contributed by atoms with van der Waals surface area (Å²) >= 11 is 0. The van der Waals surface area contributed by atoms with E-state index in [9.17, 15) is 9.59 Å². The highest BCUT2D eigenvalue weighted by Crippen LogP contribution is 2.43. The molecule has 4 heteroatoms. The van der Waals surface area contributed by atoms with E-state index >= 15 is 0 Å². The van der Waals surface area contributed by atoms with Crippen LogP contribution in [-0.4, -0.2) is 48.7 Å². The van der Waals surface area contributed by atoms with E-state index in [2.05, 4.69) is 16.8 Å². The first-order chi connectivity index (χ1) is 13.1. The number of Topliss-reactive ketones (excluding diaryl/α,β-unsaturated/α-hetero) is 2. The van der Waals surface area contributed by atoms with Gasteiger partial charge in [-0.1, -0.05) is 42.5 Å². The summed E-state index contributed by atoms with van der Waals surface area (Å²) in [4.78, 5) is 29.9. The third-order valence-corrected chi connectivity index (χ3v) is 6.23. The van der Waals surface area contributed by atoms with Gasteiger partial charge in [0.1, 0.15) is 5.54 Å². The standard InChI is InChI=1S/C23H26N2O2/c1-24-20-11-6-5-10-19(20)22(27)23(24)13-16-25(17-14-23)15-7-12-21(26)18-8-3-2-4-9-18/h2-6,8-11H,7,12-17H2,1H3. The van der Waals surface area contributed by atoms with Gasteiger partial charge in [0.25, 0.3) is 0 Å².